The largest absolute Gasteiger partial charge is 0.504 e. The van der Waals surface area contributed by atoms with Crippen LogP contribution in [0.25, 0.3) is 0 Å². The lowest BCUT2D eigenvalue weighted by atomic mass is 9.46. The minimum absolute atomic E-state index is 0.0393. The molecule has 156 valence electrons. The number of carbonyl (C=O) groups is 1. The maximum atomic E-state index is 12.1. The number of allylic oxidation sites excluding steroid dienone is 1. The molecule has 2 N–H and O–H groups in total. The van der Waals surface area contributed by atoms with E-state index in [1.807, 2.05) is 6.07 Å². The summed E-state index contributed by atoms with van der Waals surface area (Å²) in [7, 11) is 0. The molecule has 0 heterocycles. The molecular formula is C26H34O3. The van der Waals surface area contributed by atoms with Gasteiger partial charge in [-0.2, -0.15) is 0 Å². The van der Waals surface area contributed by atoms with Gasteiger partial charge in [-0.3, -0.25) is 4.79 Å². The second kappa shape index (κ2) is 6.44. The number of carbonyl (C=O) groups excluding carboxylic acids is 1. The summed E-state index contributed by atoms with van der Waals surface area (Å²) >= 11 is 0. The molecule has 0 saturated heterocycles. The average molecular weight is 395 g/mol. The highest BCUT2D eigenvalue weighted by Gasteiger charge is 2.64. The highest BCUT2D eigenvalue weighted by atomic mass is 16.3. The predicted octanol–water partition coefficient (Wildman–Crippen LogP) is 5.38. The number of rotatable bonds is 2. The monoisotopic (exact) mass is 394 g/mol. The zero-order valence-corrected chi connectivity index (χ0v) is 17.8. The van der Waals surface area contributed by atoms with Gasteiger partial charge in [0, 0.05) is 12.8 Å². The van der Waals surface area contributed by atoms with Crippen LogP contribution in [0.4, 0.5) is 0 Å². The van der Waals surface area contributed by atoms with E-state index in [-0.39, 0.29) is 22.4 Å². The van der Waals surface area contributed by atoms with Crippen molar-refractivity contribution >= 4 is 5.78 Å². The van der Waals surface area contributed by atoms with Crippen LogP contribution in [-0.2, 0) is 11.2 Å². The van der Waals surface area contributed by atoms with E-state index in [1.165, 1.54) is 5.56 Å². The molecule has 0 aliphatic heterocycles. The number of aliphatic hydroxyl groups is 2. The molecule has 0 unspecified atom stereocenters. The van der Waals surface area contributed by atoms with E-state index in [1.54, 1.807) is 0 Å². The first-order chi connectivity index (χ1) is 13.8. The molecule has 0 bridgehead atoms. The van der Waals surface area contributed by atoms with E-state index < -0.39 is 5.60 Å². The molecule has 1 aromatic rings. The van der Waals surface area contributed by atoms with Crippen LogP contribution in [0, 0.1) is 28.6 Å². The van der Waals surface area contributed by atoms with E-state index in [2.05, 4.69) is 38.1 Å². The normalized spacial score (nSPS) is 44.2. The fourth-order valence-corrected chi connectivity index (χ4v) is 8.02. The van der Waals surface area contributed by atoms with Crippen molar-refractivity contribution in [3.05, 3.63) is 47.2 Å². The molecule has 0 spiro atoms. The summed E-state index contributed by atoms with van der Waals surface area (Å²) in [4.78, 5) is 12.1. The number of aliphatic hydroxyl groups excluding tert-OH is 1. The van der Waals surface area contributed by atoms with Crippen molar-refractivity contribution in [2.45, 2.75) is 77.2 Å². The molecule has 3 fully saturated rings. The Kier molecular flexibility index (Phi) is 4.30. The van der Waals surface area contributed by atoms with E-state index >= 15 is 0 Å². The van der Waals surface area contributed by atoms with Gasteiger partial charge in [0.2, 0.25) is 0 Å². The van der Waals surface area contributed by atoms with Crippen LogP contribution in [0.15, 0.2) is 41.7 Å². The van der Waals surface area contributed by atoms with Crippen molar-refractivity contribution in [3.8, 4) is 0 Å². The standard InChI is InChI=1S/C26H34O3/c1-24-13-12-22(27)23(28)21(24)9-8-18-19(24)10-14-25(2)20(18)11-15-26(25,29)16-17-6-4-3-5-7-17/h3-7,18-20,28-29H,8-16H2,1-2H3/t18-,19+,20+,24-,25+,26-/m1/s1. The average Bonchev–Trinajstić information content (AvgIpc) is 2.97. The summed E-state index contributed by atoms with van der Waals surface area (Å²) < 4.78 is 0. The zero-order chi connectivity index (χ0) is 20.4. The Labute approximate surface area is 174 Å². The van der Waals surface area contributed by atoms with Gasteiger partial charge in [-0.1, -0.05) is 44.2 Å². The Morgan fingerprint density at radius 1 is 0.966 bits per heavy atom. The van der Waals surface area contributed by atoms with Crippen molar-refractivity contribution in [2.75, 3.05) is 0 Å². The first-order valence-corrected chi connectivity index (χ1v) is 11.5. The lowest BCUT2D eigenvalue weighted by molar-refractivity contribution is -0.132. The number of hydrogen-bond donors (Lipinski definition) is 2. The van der Waals surface area contributed by atoms with Crippen molar-refractivity contribution in [2.24, 2.45) is 28.6 Å². The summed E-state index contributed by atoms with van der Waals surface area (Å²) in [5.74, 6) is 1.67. The van der Waals surface area contributed by atoms with Gasteiger partial charge in [0.25, 0.3) is 0 Å². The van der Waals surface area contributed by atoms with E-state index in [0.717, 1.165) is 56.9 Å². The Balaban J connectivity index is 1.46. The molecule has 0 radical (unpaired) electrons. The van der Waals surface area contributed by atoms with Crippen molar-refractivity contribution < 1.29 is 15.0 Å². The van der Waals surface area contributed by atoms with Crippen LogP contribution in [-0.4, -0.2) is 21.6 Å². The Hall–Kier alpha value is -1.61. The second-order valence-corrected chi connectivity index (χ2v) is 10.8. The van der Waals surface area contributed by atoms with Crippen LogP contribution >= 0.6 is 0 Å². The van der Waals surface area contributed by atoms with Crippen molar-refractivity contribution in [1.82, 2.24) is 0 Å². The number of Topliss-reactive ketones (excluding diaryl/α,β-unsaturated/α-hetero) is 1. The third kappa shape index (κ3) is 2.62. The predicted molar refractivity (Wildman–Crippen MR) is 113 cm³/mol. The number of hydrogen-bond acceptors (Lipinski definition) is 3. The Morgan fingerprint density at radius 2 is 1.69 bits per heavy atom. The van der Waals surface area contributed by atoms with Crippen LogP contribution in [0.5, 0.6) is 0 Å². The molecule has 4 aliphatic carbocycles. The molecule has 0 aromatic heterocycles. The third-order valence-corrected chi connectivity index (χ3v) is 9.75. The number of ketones is 1. The highest BCUT2D eigenvalue weighted by molar-refractivity contribution is 5.95. The molecule has 3 heteroatoms. The van der Waals surface area contributed by atoms with Gasteiger partial charge in [-0.05, 0) is 84.7 Å². The Morgan fingerprint density at radius 3 is 2.45 bits per heavy atom. The SMILES string of the molecule is C[C@]12CCC(=O)C(O)=C1CC[C@@H]1[C@@H]2CC[C@@]2(C)[C@H]1CC[C@@]2(O)Cc1ccccc1. The maximum Gasteiger partial charge on any atom is 0.197 e. The molecular weight excluding hydrogens is 360 g/mol. The smallest absolute Gasteiger partial charge is 0.197 e. The lowest BCUT2D eigenvalue weighted by Gasteiger charge is -2.59. The van der Waals surface area contributed by atoms with Crippen molar-refractivity contribution in [1.29, 1.82) is 0 Å². The molecule has 5 rings (SSSR count). The van der Waals surface area contributed by atoms with Gasteiger partial charge in [-0.25, -0.2) is 0 Å². The van der Waals surface area contributed by atoms with Gasteiger partial charge in [0.1, 0.15) is 0 Å². The second-order valence-electron chi connectivity index (χ2n) is 10.8. The Bertz CT molecular complexity index is 858. The molecule has 6 atom stereocenters. The van der Waals surface area contributed by atoms with Crippen molar-refractivity contribution in [3.63, 3.8) is 0 Å². The molecule has 0 amide bonds. The molecule has 4 aliphatic rings. The first kappa shape index (κ1) is 19.4. The quantitative estimate of drug-likeness (QED) is 0.708. The van der Waals surface area contributed by atoms with Crippen LogP contribution in [0.1, 0.15) is 70.8 Å². The molecule has 3 nitrogen and oxygen atoms in total. The maximum absolute atomic E-state index is 12.1. The summed E-state index contributed by atoms with van der Waals surface area (Å²) in [6.07, 6.45) is 8.12. The zero-order valence-electron chi connectivity index (χ0n) is 17.8. The number of fused-ring (bicyclic) bond motifs is 5. The first-order valence-electron chi connectivity index (χ1n) is 11.5. The van der Waals surface area contributed by atoms with Gasteiger partial charge in [0.15, 0.2) is 11.5 Å². The van der Waals surface area contributed by atoms with Gasteiger partial charge < -0.3 is 10.2 Å². The number of benzene rings is 1. The minimum Gasteiger partial charge on any atom is -0.504 e. The van der Waals surface area contributed by atoms with Crippen LogP contribution in [0.2, 0.25) is 0 Å². The lowest BCUT2D eigenvalue weighted by Crippen LogP contribution is -2.55. The van der Waals surface area contributed by atoms with E-state index in [0.29, 0.717) is 24.2 Å². The van der Waals surface area contributed by atoms with Crippen LogP contribution in [0.3, 0.4) is 0 Å². The van der Waals surface area contributed by atoms with Gasteiger partial charge >= 0.3 is 0 Å². The molecule has 3 saturated carbocycles. The van der Waals surface area contributed by atoms with Crippen LogP contribution < -0.4 is 0 Å². The minimum atomic E-state index is -0.633. The fourth-order valence-electron chi connectivity index (χ4n) is 8.02. The summed E-state index contributed by atoms with van der Waals surface area (Å²) in [5, 5.41) is 22.4. The highest BCUT2D eigenvalue weighted by Crippen LogP contribution is 2.68. The topological polar surface area (TPSA) is 57.5 Å². The molecule has 1 aromatic carbocycles. The molecule has 29 heavy (non-hydrogen) atoms. The summed E-state index contributed by atoms with van der Waals surface area (Å²) in [6, 6.07) is 10.5. The fraction of sp³-hybridized carbons (Fsp3) is 0.654. The van der Waals surface area contributed by atoms with E-state index in [9.17, 15) is 15.0 Å². The summed E-state index contributed by atoms with van der Waals surface area (Å²) in [6.45, 7) is 4.65. The van der Waals surface area contributed by atoms with E-state index in [4.69, 9.17) is 0 Å². The van der Waals surface area contributed by atoms with Gasteiger partial charge in [0.05, 0.1) is 5.60 Å². The third-order valence-electron chi connectivity index (χ3n) is 9.75. The van der Waals surface area contributed by atoms with Gasteiger partial charge in [-0.15, -0.1) is 0 Å². The summed E-state index contributed by atoms with van der Waals surface area (Å²) in [5.41, 5.74) is 1.55.